The van der Waals surface area contributed by atoms with E-state index in [9.17, 15) is 4.79 Å². The van der Waals surface area contributed by atoms with Crippen LogP contribution in [0, 0.1) is 6.92 Å². The van der Waals surface area contributed by atoms with Gasteiger partial charge in [-0.05, 0) is 0 Å². The van der Waals surface area contributed by atoms with Crippen molar-refractivity contribution < 1.29 is 4.79 Å². The van der Waals surface area contributed by atoms with E-state index in [0.717, 1.165) is 16.1 Å². The van der Waals surface area contributed by atoms with Crippen molar-refractivity contribution in [1.82, 2.24) is 0 Å². The second-order valence-electron chi connectivity index (χ2n) is 2.90. The molecule has 1 aromatic carbocycles. The van der Waals surface area contributed by atoms with E-state index in [1.54, 1.807) is 0 Å². The van der Waals surface area contributed by atoms with Crippen LogP contribution in [0.4, 0.5) is 0 Å². The zero-order valence-corrected chi connectivity index (χ0v) is 9.47. The van der Waals surface area contributed by atoms with E-state index in [2.05, 4.69) is 12.1 Å². The Labute approximate surface area is 87.1 Å². The standard InChI is InChI=1S/C10H7ClOSe/c1-6-2-3-8-7(4-6)10(11)9(5-12)13-8/h2-5H,1H3. The Hall–Kier alpha value is -0.561. The number of fused-ring (bicyclic) bond motifs is 1. The molecule has 0 saturated carbocycles. The summed E-state index contributed by atoms with van der Waals surface area (Å²) in [6.07, 6.45) is 0.873. The summed E-state index contributed by atoms with van der Waals surface area (Å²) in [4.78, 5) is 10.6. The number of aryl methyl sites for hydroxylation is 1. The van der Waals surface area contributed by atoms with Crippen LogP contribution in [0.1, 0.15) is 14.8 Å². The summed E-state index contributed by atoms with van der Waals surface area (Å²) in [5.41, 5.74) is 1.18. The maximum absolute atomic E-state index is 10.6. The molecule has 0 N–H and O–H groups in total. The molecule has 0 bridgehead atoms. The number of aldehydes is 1. The predicted octanol–water partition coefficient (Wildman–Crippen LogP) is 2.67. The molecule has 3 heteroatoms. The first-order valence-corrected chi connectivity index (χ1v) is 5.95. The summed E-state index contributed by atoms with van der Waals surface area (Å²) in [6, 6.07) is 6.15. The van der Waals surface area contributed by atoms with E-state index in [-0.39, 0.29) is 14.5 Å². The Morgan fingerprint density at radius 1 is 1.46 bits per heavy atom. The normalized spacial score (nSPS) is 10.6. The van der Waals surface area contributed by atoms with Crippen LogP contribution in [0.25, 0.3) is 9.65 Å². The van der Waals surface area contributed by atoms with Crippen molar-refractivity contribution in [3.05, 3.63) is 33.2 Å². The molecule has 0 atom stereocenters. The molecule has 0 fully saturated rings. The van der Waals surface area contributed by atoms with E-state index < -0.39 is 0 Å². The van der Waals surface area contributed by atoms with E-state index in [1.807, 2.05) is 13.0 Å². The molecule has 0 saturated heterocycles. The fourth-order valence-electron chi connectivity index (χ4n) is 1.28. The van der Waals surface area contributed by atoms with E-state index in [4.69, 9.17) is 11.6 Å². The monoisotopic (exact) mass is 258 g/mol. The molecular weight excluding hydrogens is 251 g/mol. The van der Waals surface area contributed by atoms with Crippen LogP contribution in [0.3, 0.4) is 0 Å². The molecule has 0 radical (unpaired) electrons. The van der Waals surface area contributed by atoms with Gasteiger partial charge in [0.25, 0.3) is 0 Å². The molecular formula is C10H7ClOSe. The van der Waals surface area contributed by atoms with Crippen molar-refractivity contribution in [2.45, 2.75) is 6.92 Å². The van der Waals surface area contributed by atoms with Gasteiger partial charge in [-0.3, -0.25) is 0 Å². The van der Waals surface area contributed by atoms with Crippen LogP contribution in [0.15, 0.2) is 18.2 Å². The Morgan fingerprint density at radius 3 is 2.92 bits per heavy atom. The summed E-state index contributed by atoms with van der Waals surface area (Å²) in [6.45, 7) is 2.02. The van der Waals surface area contributed by atoms with Gasteiger partial charge in [0.15, 0.2) is 0 Å². The van der Waals surface area contributed by atoms with Crippen LogP contribution in [-0.4, -0.2) is 20.8 Å². The van der Waals surface area contributed by atoms with Gasteiger partial charge in [-0.25, -0.2) is 0 Å². The van der Waals surface area contributed by atoms with Gasteiger partial charge in [0.1, 0.15) is 0 Å². The molecule has 0 unspecified atom stereocenters. The van der Waals surface area contributed by atoms with Crippen LogP contribution >= 0.6 is 11.6 Å². The molecule has 0 spiro atoms. The van der Waals surface area contributed by atoms with Gasteiger partial charge in [-0.2, -0.15) is 0 Å². The van der Waals surface area contributed by atoms with E-state index >= 15 is 0 Å². The van der Waals surface area contributed by atoms with Gasteiger partial charge in [0.05, 0.1) is 0 Å². The number of halogens is 1. The quantitative estimate of drug-likeness (QED) is 0.567. The van der Waals surface area contributed by atoms with E-state index in [0.29, 0.717) is 5.02 Å². The number of rotatable bonds is 1. The second-order valence-corrected chi connectivity index (χ2v) is 5.55. The second kappa shape index (κ2) is 3.30. The van der Waals surface area contributed by atoms with Crippen molar-refractivity contribution >= 4 is 42.0 Å². The topological polar surface area (TPSA) is 17.1 Å². The molecule has 0 aliphatic carbocycles. The third-order valence-electron chi connectivity index (χ3n) is 1.91. The first-order valence-electron chi connectivity index (χ1n) is 3.86. The zero-order chi connectivity index (χ0) is 9.42. The van der Waals surface area contributed by atoms with Gasteiger partial charge in [-0.15, -0.1) is 0 Å². The van der Waals surface area contributed by atoms with Gasteiger partial charge in [0.2, 0.25) is 0 Å². The average Bonchev–Trinajstić information content (AvgIpc) is 2.44. The van der Waals surface area contributed by atoms with Crippen molar-refractivity contribution in [3.8, 4) is 0 Å². The van der Waals surface area contributed by atoms with Crippen LogP contribution in [-0.2, 0) is 0 Å². The van der Waals surface area contributed by atoms with Gasteiger partial charge >= 0.3 is 87.0 Å². The fraction of sp³-hybridized carbons (Fsp3) is 0.100. The molecule has 0 amide bonds. The van der Waals surface area contributed by atoms with E-state index in [1.165, 1.54) is 9.82 Å². The summed E-state index contributed by atoms with van der Waals surface area (Å²) < 4.78 is 1.97. The SMILES string of the molecule is Cc1ccc2[se]c(C=O)c(Cl)c2c1. The molecule has 0 aliphatic heterocycles. The Morgan fingerprint density at radius 2 is 2.23 bits per heavy atom. The molecule has 2 aromatic rings. The predicted molar refractivity (Wildman–Crippen MR) is 56.0 cm³/mol. The van der Waals surface area contributed by atoms with Crippen molar-refractivity contribution in [2.24, 2.45) is 0 Å². The first kappa shape index (κ1) is 9.01. The number of carbonyl (C=O) groups is 1. The minimum absolute atomic E-state index is 0.113. The average molecular weight is 258 g/mol. The van der Waals surface area contributed by atoms with Crippen LogP contribution < -0.4 is 0 Å². The van der Waals surface area contributed by atoms with Gasteiger partial charge in [0, 0.05) is 0 Å². The number of hydrogen-bond acceptors (Lipinski definition) is 1. The number of benzene rings is 1. The first-order chi connectivity index (χ1) is 6.22. The third kappa shape index (κ3) is 1.46. The molecule has 2 rings (SSSR count). The Bertz CT molecular complexity index is 473. The Kier molecular flexibility index (Phi) is 2.29. The third-order valence-corrected chi connectivity index (χ3v) is 4.88. The van der Waals surface area contributed by atoms with Crippen molar-refractivity contribution in [1.29, 1.82) is 0 Å². The van der Waals surface area contributed by atoms with Crippen LogP contribution in [0.2, 0.25) is 5.02 Å². The number of carbonyl (C=O) groups excluding carboxylic acids is 1. The van der Waals surface area contributed by atoms with Gasteiger partial charge < -0.3 is 0 Å². The summed E-state index contributed by atoms with van der Waals surface area (Å²) in [5, 5.41) is 1.69. The zero-order valence-electron chi connectivity index (χ0n) is 7.00. The van der Waals surface area contributed by atoms with Crippen LogP contribution in [0.5, 0.6) is 0 Å². The molecule has 1 heterocycles. The van der Waals surface area contributed by atoms with Crippen molar-refractivity contribution in [3.63, 3.8) is 0 Å². The minimum atomic E-state index is 0.113. The molecule has 1 aromatic heterocycles. The number of hydrogen-bond donors (Lipinski definition) is 0. The Balaban J connectivity index is 2.84. The molecule has 66 valence electrons. The van der Waals surface area contributed by atoms with Crippen molar-refractivity contribution in [2.75, 3.05) is 0 Å². The fourth-order valence-corrected chi connectivity index (χ4v) is 3.68. The summed E-state index contributed by atoms with van der Waals surface area (Å²) in [5.74, 6) is 0. The summed E-state index contributed by atoms with van der Waals surface area (Å²) >= 11 is 6.16. The maximum atomic E-state index is 10.6. The summed E-state index contributed by atoms with van der Waals surface area (Å²) in [7, 11) is 0. The molecule has 1 nitrogen and oxygen atoms in total. The van der Waals surface area contributed by atoms with Gasteiger partial charge in [-0.1, -0.05) is 0 Å². The molecule has 0 aliphatic rings. The molecule has 13 heavy (non-hydrogen) atoms.